The zero-order valence-electron chi connectivity index (χ0n) is 11.6. The third-order valence-corrected chi connectivity index (χ3v) is 4.41. The Balaban J connectivity index is 1.72. The Morgan fingerprint density at radius 3 is 2.83 bits per heavy atom. The molecule has 2 bridgehead atoms. The smallest absolute Gasteiger partial charge is 0.191 e. The Labute approximate surface area is 111 Å². The molecule has 0 saturated heterocycles. The Kier molecular flexibility index (Phi) is 5.09. The van der Waals surface area contributed by atoms with Crippen LogP contribution in [0.2, 0.25) is 0 Å². The third kappa shape index (κ3) is 3.50. The van der Waals surface area contributed by atoms with Crippen LogP contribution in [0.25, 0.3) is 0 Å². The lowest BCUT2D eigenvalue weighted by Gasteiger charge is -2.20. The monoisotopic (exact) mass is 249 g/mol. The molecule has 2 aliphatic carbocycles. The topological polar surface area (TPSA) is 36.4 Å². The van der Waals surface area contributed by atoms with Crippen LogP contribution in [0.5, 0.6) is 0 Å². The van der Waals surface area contributed by atoms with Crippen LogP contribution >= 0.6 is 0 Å². The molecule has 3 heteroatoms. The van der Waals surface area contributed by atoms with Crippen LogP contribution in [0.3, 0.4) is 0 Å². The number of nitrogens with zero attached hydrogens (tertiary/aromatic N) is 1. The van der Waals surface area contributed by atoms with Crippen molar-refractivity contribution in [2.24, 2.45) is 22.7 Å². The fourth-order valence-electron chi connectivity index (χ4n) is 3.58. The number of rotatable bonds is 6. The summed E-state index contributed by atoms with van der Waals surface area (Å²) in [6.45, 7) is 8.47. The summed E-state index contributed by atoms with van der Waals surface area (Å²) in [5.41, 5.74) is 0. The van der Waals surface area contributed by atoms with E-state index in [4.69, 9.17) is 0 Å². The Morgan fingerprint density at radius 2 is 2.22 bits per heavy atom. The number of aliphatic imine (C=N–C) groups is 1. The standard InChI is InChI=1S/C15H27N3/c1-3-8-17-15(16-4-2)18-9-7-14-11-12-5-6-13(14)10-12/h3,12-14H,1,4-11H2,2H3,(H2,16,17,18). The lowest BCUT2D eigenvalue weighted by Crippen LogP contribution is -2.37. The van der Waals surface area contributed by atoms with Crippen molar-refractivity contribution in [2.45, 2.75) is 39.0 Å². The fourth-order valence-corrected chi connectivity index (χ4v) is 3.58. The first kappa shape index (κ1) is 13.4. The largest absolute Gasteiger partial charge is 0.357 e. The molecule has 0 radical (unpaired) electrons. The van der Waals surface area contributed by atoms with E-state index in [9.17, 15) is 0 Å². The zero-order chi connectivity index (χ0) is 12.8. The average molecular weight is 249 g/mol. The first-order valence-corrected chi connectivity index (χ1v) is 7.46. The van der Waals surface area contributed by atoms with Gasteiger partial charge < -0.3 is 10.6 Å². The molecule has 0 aliphatic heterocycles. The summed E-state index contributed by atoms with van der Waals surface area (Å²) in [6, 6.07) is 0. The number of fused-ring (bicyclic) bond motifs is 2. The highest BCUT2D eigenvalue weighted by Crippen LogP contribution is 2.49. The number of nitrogens with one attached hydrogen (secondary N) is 2. The van der Waals surface area contributed by atoms with E-state index in [1.54, 1.807) is 0 Å². The van der Waals surface area contributed by atoms with Crippen LogP contribution in [0.1, 0.15) is 39.0 Å². The van der Waals surface area contributed by atoms with Crippen molar-refractivity contribution >= 4 is 5.96 Å². The molecule has 0 aromatic rings. The van der Waals surface area contributed by atoms with Gasteiger partial charge in [0.05, 0.1) is 0 Å². The minimum Gasteiger partial charge on any atom is -0.357 e. The van der Waals surface area contributed by atoms with Crippen LogP contribution < -0.4 is 10.6 Å². The van der Waals surface area contributed by atoms with Gasteiger partial charge in [0.2, 0.25) is 0 Å². The van der Waals surface area contributed by atoms with Gasteiger partial charge in [0.1, 0.15) is 0 Å². The second-order valence-corrected chi connectivity index (χ2v) is 5.65. The predicted molar refractivity (Wildman–Crippen MR) is 77.7 cm³/mol. The fraction of sp³-hybridized carbons (Fsp3) is 0.800. The highest BCUT2D eigenvalue weighted by Gasteiger charge is 2.38. The second kappa shape index (κ2) is 6.81. The molecule has 0 spiro atoms. The summed E-state index contributed by atoms with van der Waals surface area (Å²) in [5, 5.41) is 6.52. The number of hydrogen-bond donors (Lipinski definition) is 2. The summed E-state index contributed by atoms with van der Waals surface area (Å²) < 4.78 is 0. The molecule has 2 rings (SSSR count). The highest BCUT2D eigenvalue weighted by atomic mass is 15.2. The maximum Gasteiger partial charge on any atom is 0.191 e. The summed E-state index contributed by atoms with van der Waals surface area (Å²) in [7, 11) is 0. The van der Waals surface area contributed by atoms with Gasteiger partial charge in [-0.15, -0.1) is 6.58 Å². The maximum absolute atomic E-state index is 4.64. The van der Waals surface area contributed by atoms with E-state index >= 15 is 0 Å². The minimum absolute atomic E-state index is 0.778. The van der Waals surface area contributed by atoms with Crippen LogP contribution in [-0.2, 0) is 0 Å². The second-order valence-electron chi connectivity index (χ2n) is 5.65. The Morgan fingerprint density at radius 1 is 1.33 bits per heavy atom. The van der Waals surface area contributed by atoms with Crippen LogP contribution in [0, 0.1) is 17.8 Å². The molecule has 3 nitrogen and oxygen atoms in total. The normalized spacial score (nSPS) is 30.5. The number of hydrogen-bond acceptors (Lipinski definition) is 1. The van der Waals surface area contributed by atoms with Crippen molar-refractivity contribution in [3.05, 3.63) is 12.7 Å². The van der Waals surface area contributed by atoms with E-state index in [1.165, 1.54) is 32.1 Å². The Bertz CT molecular complexity index is 298. The summed E-state index contributed by atoms with van der Waals surface area (Å²) in [5.74, 6) is 3.96. The van der Waals surface area contributed by atoms with Gasteiger partial charge in [0, 0.05) is 19.6 Å². The van der Waals surface area contributed by atoms with Gasteiger partial charge in [-0.25, -0.2) is 0 Å². The highest BCUT2D eigenvalue weighted by molar-refractivity contribution is 5.79. The van der Waals surface area contributed by atoms with Crippen molar-refractivity contribution < 1.29 is 0 Å². The van der Waals surface area contributed by atoms with Gasteiger partial charge in [0.25, 0.3) is 0 Å². The SMILES string of the molecule is C=CCNC(=NCCC1CC2CCC1C2)NCC. The van der Waals surface area contributed by atoms with Gasteiger partial charge in [0.15, 0.2) is 5.96 Å². The molecule has 0 heterocycles. The van der Waals surface area contributed by atoms with E-state index in [2.05, 4.69) is 29.1 Å². The van der Waals surface area contributed by atoms with Crippen LogP contribution in [0.15, 0.2) is 17.6 Å². The molecule has 2 fully saturated rings. The van der Waals surface area contributed by atoms with E-state index < -0.39 is 0 Å². The van der Waals surface area contributed by atoms with Crippen molar-refractivity contribution in [1.82, 2.24) is 10.6 Å². The van der Waals surface area contributed by atoms with Gasteiger partial charge in [-0.3, -0.25) is 4.99 Å². The van der Waals surface area contributed by atoms with Crippen LogP contribution in [-0.4, -0.2) is 25.6 Å². The number of guanidine groups is 1. The molecule has 3 unspecified atom stereocenters. The van der Waals surface area contributed by atoms with Crippen LogP contribution in [0.4, 0.5) is 0 Å². The molecular weight excluding hydrogens is 222 g/mol. The van der Waals surface area contributed by atoms with Gasteiger partial charge in [-0.05, 0) is 50.4 Å². The summed E-state index contributed by atoms with van der Waals surface area (Å²) >= 11 is 0. The molecule has 2 saturated carbocycles. The molecule has 0 aromatic carbocycles. The van der Waals surface area contributed by atoms with E-state index in [0.29, 0.717) is 0 Å². The molecule has 2 aliphatic rings. The van der Waals surface area contributed by atoms with Crippen molar-refractivity contribution in [1.29, 1.82) is 0 Å². The third-order valence-electron chi connectivity index (χ3n) is 4.41. The molecule has 2 N–H and O–H groups in total. The molecule has 3 atom stereocenters. The zero-order valence-corrected chi connectivity index (χ0v) is 11.6. The lowest BCUT2D eigenvalue weighted by atomic mass is 9.86. The van der Waals surface area contributed by atoms with Crippen molar-refractivity contribution in [3.63, 3.8) is 0 Å². The molecule has 0 aromatic heterocycles. The molecule has 102 valence electrons. The first-order valence-electron chi connectivity index (χ1n) is 7.46. The Hall–Kier alpha value is -0.990. The summed E-state index contributed by atoms with van der Waals surface area (Å²) in [6.07, 6.45) is 9.08. The van der Waals surface area contributed by atoms with E-state index in [0.717, 1.165) is 43.3 Å². The van der Waals surface area contributed by atoms with Gasteiger partial charge in [-0.1, -0.05) is 12.5 Å². The van der Waals surface area contributed by atoms with Gasteiger partial charge >= 0.3 is 0 Å². The quantitative estimate of drug-likeness (QED) is 0.431. The molecular formula is C15H27N3. The summed E-state index contributed by atoms with van der Waals surface area (Å²) in [4.78, 5) is 4.64. The molecule has 18 heavy (non-hydrogen) atoms. The van der Waals surface area contributed by atoms with Gasteiger partial charge in [-0.2, -0.15) is 0 Å². The van der Waals surface area contributed by atoms with Crippen molar-refractivity contribution in [2.75, 3.05) is 19.6 Å². The average Bonchev–Trinajstić information content (AvgIpc) is 2.98. The maximum atomic E-state index is 4.64. The minimum atomic E-state index is 0.778. The van der Waals surface area contributed by atoms with E-state index in [-0.39, 0.29) is 0 Å². The first-order chi connectivity index (χ1) is 8.83. The predicted octanol–water partition coefficient (Wildman–Crippen LogP) is 2.55. The van der Waals surface area contributed by atoms with E-state index in [1.807, 2.05) is 6.08 Å². The lowest BCUT2D eigenvalue weighted by molar-refractivity contribution is 0.318. The molecule has 0 amide bonds. The van der Waals surface area contributed by atoms with Crippen molar-refractivity contribution in [3.8, 4) is 0 Å².